The zero-order chi connectivity index (χ0) is 61.1. The van der Waals surface area contributed by atoms with Gasteiger partial charge >= 0.3 is 5.97 Å². The van der Waals surface area contributed by atoms with Gasteiger partial charge in [0.25, 0.3) is 29.5 Å². The molecule has 0 fully saturated rings. The number of carbonyl (C=O) groups excluding carboxylic acids is 10. The molecule has 0 radical (unpaired) electrons. The van der Waals surface area contributed by atoms with E-state index >= 15 is 0 Å². The summed E-state index contributed by atoms with van der Waals surface area (Å²) in [4.78, 5) is 149. The topological polar surface area (TPSA) is 419 Å². The molecule has 0 aliphatic carbocycles. The number of rotatable bonds is 36. The fraction of sp³-hybridized carbons (Fsp3) is 0.451. The van der Waals surface area contributed by atoms with Gasteiger partial charge in [-0.3, -0.25) is 52.7 Å². The first-order valence-corrected chi connectivity index (χ1v) is 26.4. The van der Waals surface area contributed by atoms with Crippen LogP contribution in [0.15, 0.2) is 49.3 Å². The van der Waals surface area contributed by atoms with Crippen LogP contribution in [0.5, 0.6) is 0 Å². The number of anilines is 4. The zero-order valence-corrected chi connectivity index (χ0v) is 47.1. The Morgan fingerprint density at radius 2 is 0.893 bits per heavy atom. The van der Waals surface area contributed by atoms with Gasteiger partial charge in [-0.05, 0) is 18.6 Å². The molecule has 5 aromatic heterocycles. The van der Waals surface area contributed by atoms with Crippen LogP contribution in [0.25, 0.3) is 0 Å². The van der Waals surface area contributed by atoms with Crippen molar-refractivity contribution in [1.82, 2.24) is 69.7 Å². The number of hydrogen-bond donors (Lipinski definition) is 11. The Kier molecular flexibility index (Phi) is 25.7. The van der Waals surface area contributed by atoms with Crippen molar-refractivity contribution in [3.63, 3.8) is 0 Å². The number of nitrogens with zero attached hydrogens (tertiary/aromatic N) is 8. The summed E-state index contributed by atoms with van der Waals surface area (Å²) < 4.78 is 23.5. The van der Waals surface area contributed by atoms with Crippen LogP contribution in [0.2, 0.25) is 0 Å². The number of nitrogens with one attached hydrogen (secondary N) is 10. The van der Waals surface area contributed by atoms with Crippen LogP contribution in [-0.2, 0) is 78.2 Å². The number of aromatic nitrogens is 8. The van der Waals surface area contributed by atoms with Crippen molar-refractivity contribution < 1.29 is 72.1 Å². The first-order valence-electron chi connectivity index (χ1n) is 26.4. The predicted molar refractivity (Wildman–Crippen MR) is 297 cm³/mol. The van der Waals surface area contributed by atoms with E-state index in [1.54, 1.807) is 52.2 Å². The summed E-state index contributed by atoms with van der Waals surface area (Å²) in [5.74, 6) is -5.50. The minimum Gasteiger partial charge on any atom is -0.481 e. The lowest BCUT2D eigenvalue weighted by molar-refractivity contribution is -0.137. The molecule has 0 atom stereocenters. The molecule has 454 valence electrons. The number of carbonyl (C=O) groups is 11. The van der Waals surface area contributed by atoms with Crippen LogP contribution >= 0.6 is 0 Å². The van der Waals surface area contributed by atoms with Gasteiger partial charge < -0.3 is 95.3 Å². The number of carboxylic acids is 1. The minimum absolute atomic E-state index is 0.00152. The maximum Gasteiger partial charge on any atom is 0.303 e. The highest BCUT2D eigenvalue weighted by Crippen LogP contribution is 2.17. The van der Waals surface area contributed by atoms with E-state index < -0.39 is 53.2 Å². The van der Waals surface area contributed by atoms with E-state index in [-0.39, 0.29) is 169 Å². The molecular weight excluding hydrogens is 1100 g/mol. The fourth-order valence-electron chi connectivity index (χ4n) is 7.55. The number of imidazole rings is 3. The third kappa shape index (κ3) is 21.9. The van der Waals surface area contributed by atoms with Crippen LogP contribution in [0.3, 0.4) is 0 Å². The number of amides is 10. The van der Waals surface area contributed by atoms with Gasteiger partial charge in [-0.2, -0.15) is 0 Å². The summed E-state index contributed by atoms with van der Waals surface area (Å²) in [5.41, 5.74) is 1.04. The minimum atomic E-state index is -0.952. The third-order valence-electron chi connectivity index (χ3n) is 11.7. The molecule has 84 heavy (non-hydrogen) atoms. The lowest BCUT2D eigenvalue weighted by Gasteiger charge is -2.09. The molecule has 0 aliphatic heterocycles. The molecule has 0 bridgehead atoms. The lowest BCUT2D eigenvalue weighted by atomic mass is 10.3. The van der Waals surface area contributed by atoms with E-state index in [1.807, 2.05) is 0 Å². The summed E-state index contributed by atoms with van der Waals surface area (Å²) in [5, 5.41) is 34.7. The van der Waals surface area contributed by atoms with Gasteiger partial charge in [0.15, 0.2) is 17.5 Å². The van der Waals surface area contributed by atoms with Gasteiger partial charge in [0.05, 0.1) is 57.6 Å². The van der Waals surface area contributed by atoms with Crippen molar-refractivity contribution in [2.24, 2.45) is 35.2 Å². The van der Waals surface area contributed by atoms with E-state index in [2.05, 4.69) is 68.1 Å². The maximum absolute atomic E-state index is 13.2. The Hall–Kier alpha value is -9.76. The molecule has 33 nitrogen and oxygen atoms in total. The Morgan fingerprint density at radius 3 is 1.42 bits per heavy atom. The van der Waals surface area contributed by atoms with Crippen LogP contribution in [0, 0.1) is 0 Å². The van der Waals surface area contributed by atoms with Crippen molar-refractivity contribution in [3.05, 3.63) is 78.2 Å². The molecule has 5 heterocycles. The Balaban J connectivity index is 0.890. The second-order valence-electron chi connectivity index (χ2n) is 18.5. The summed E-state index contributed by atoms with van der Waals surface area (Å²) >= 11 is 0. The van der Waals surface area contributed by atoms with E-state index in [1.165, 1.54) is 55.2 Å². The molecule has 0 saturated carbocycles. The van der Waals surface area contributed by atoms with Crippen molar-refractivity contribution >= 4 is 88.1 Å². The highest BCUT2D eigenvalue weighted by molar-refractivity contribution is 6.05. The van der Waals surface area contributed by atoms with E-state index in [0.717, 1.165) is 0 Å². The number of aliphatic carboxylic acids is 1. The smallest absolute Gasteiger partial charge is 0.303 e. The highest BCUT2D eigenvalue weighted by atomic mass is 16.5. The normalized spacial score (nSPS) is 10.8. The molecule has 33 heteroatoms. The maximum atomic E-state index is 13.2. The Morgan fingerprint density at radius 1 is 0.429 bits per heavy atom. The first kappa shape index (κ1) is 65.1. The largest absolute Gasteiger partial charge is 0.481 e. The summed E-state index contributed by atoms with van der Waals surface area (Å²) in [7, 11) is 8.00. The van der Waals surface area contributed by atoms with Crippen LogP contribution in [0.4, 0.5) is 23.0 Å². The fourth-order valence-corrected chi connectivity index (χ4v) is 7.55. The van der Waals surface area contributed by atoms with Gasteiger partial charge in [0, 0.05) is 137 Å². The monoisotopic (exact) mass is 1170 g/mol. The standard InChI is InChI=1S/C51H70N18O15/c1-65-18-16-54-44(65)50(80)59-32-25-34(66(2)28-32)47(77)55-15-10-41(73)62-37-31-69(5)46(64-37)51(81)60-33-26-35(67(3)29-33)48(78)56-14-9-40(72)61-36-30-68(4)45(63-36)49(79)57-13-8-38(70)53-17-20-83-22-24-84-23-21-82-19-11-39(71)58-27-42(74)52-12-6-7-43(75)76/h16,18,25-26,28-31H,6-15,17,19-24,27H2,1-5H3,(H,52,74)(H,53,70)(H,55,77)(H,56,78)(H,57,79)(H,58,71)(H,59,80)(H,60,81)(H,61,72)(H,62,73)(H,75,76). The second kappa shape index (κ2) is 33.2. The molecule has 0 unspecified atom stereocenters. The molecule has 0 aliphatic rings. The first-order chi connectivity index (χ1) is 40.2. The zero-order valence-electron chi connectivity index (χ0n) is 47.1. The SMILES string of the molecule is Cn1cc(NC(=O)c2nc(NC(=O)CCNC(=O)c3cc(NC(=O)c4nccn4C)cn3C)cn2C)cc1C(=O)NCCC(=O)Nc1cn(C)c(C(=O)NCCC(=O)NCCOCCOCCOCCC(=O)NCC(=O)NCCCC(=O)O)n1. The number of carboxylic acid groups (broad SMARTS) is 1. The Bertz CT molecular complexity index is 3130. The number of hydrogen-bond acceptors (Lipinski definition) is 17. The second-order valence-corrected chi connectivity index (χ2v) is 18.5. The summed E-state index contributed by atoms with van der Waals surface area (Å²) in [6, 6.07) is 2.92. The molecule has 5 rings (SSSR count). The van der Waals surface area contributed by atoms with Crippen molar-refractivity contribution in [3.8, 4) is 0 Å². The average molecular weight is 1180 g/mol. The van der Waals surface area contributed by atoms with Crippen LogP contribution < -0.4 is 53.2 Å². The van der Waals surface area contributed by atoms with E-state index in [9.17, 15) is 52.7 Å². The van der Waals surface area contributed by atoms with Crippen molar-refractivity contribution in [2.75, 3.05) is 100 Å². The Labute approximate surface area is 480 Å². The lowest BCUT2D eigenvalue weighted by Crippen LogP contribution is -2.37. The third-order valence-corrected chi connectivity index (χ3v) is 11.7. The summed E-state index contributed by atoms with van der Waals surface area (Å²) in [6.45, 7) is 1.46. The average Bonchev–Trinajstić information content (AvgIpc) is 4.20. The van der Waals surface area contributed by atoms with Gasteiger partial charge in [-0.15, -0.1) is 0 Å². The molecule has 0 aromatic carbocycles. The van der Waals surface area contributed by atoms with Gasteiger partial charge in [-0.25, -0.2) is 15.0 Å². The van der Waals surface area contributed by atoms with E-state index in [4.69, 9.17) is 19.3 Å². The molecule has 0 saturated heterocycles. The van der Waals surface area contributed by atoms with Gasteiger partial charge in [0.1, 0.15) is 11.4 Å². The summed E-state index contributed by atoms with van der Waals surface area (Å²) in [6.07, 6.45) is 9.02. The quantitative estimate of drug-likeness (QED) is 0.0200. The highest BCUT2D eigenvalue weighted by Gasteiger charge is 2.21. The van der Waals surface area contributed by atoms with Crippen LogP contribution in [0.1, 0.15) is 91.4 Å². The molecule has 10 amide bonds. The van der Waals surface area contributed by atoms with Gasteiger partial charge in [-0.1, -0.05) is 0 Å². The molecule has 11 N–H and O–H groups in total. The molecular formula is C51H70N18O15. The molecule has 0 spiro atoms. The van der Waals surface area contributed by atoms with Crippen molar-refractivity contribution in [2.45, 2.75) is 38.5 Å². The van der Waals surface area contributed by atoms with Crippen LogP contribution in [-0.4, -0.2) is 187 Å². The number of ether oxygens (including phenoxy) is 3. The van der Waals surface area contributed by atoms with Gasteiger partial charge in [0.2, 0.25) is 41.2 Å². The molecule has 5 aromatic rings. The predicted octanol–water partition coefficient (Wildman–Crippen LogP) is -1.64. The van der Waals surface area contributed by atoms with Crippen molar-refractivity contribution in [1.29, 1.82) is 0 Å². The van der Waals surface area contributed by atoms with E-state index in [0.29, 0.717) is 12.1 Å². The number of aryl methyl sites for hydroxylation is 5.